The first-order valence-corrected chi connectivity index (χ1v) is 9.51. The maximum atomic E-state index is 13.3. The van der Waals surface area contributed by atoms with Crippen LogP contribution in [0.2, 0.25) is 0 Å². The molecule has 144 valence electrons. The zero-order valence-electron chi connectivity index (χ0n) is 14.3. The molecule has 1 N–H and O–H groups in total. The smallest absolute Gasteiger partial charge is 0.328 e. The second-order valence-corrected chi connectivity index (χ2v) is 7.71. The summed E-state index contributed by atoms with van der Waals surface area (Å²) < 4.78 is 55.5. The number of rotatable bonds is 7. The van der Waals surface area contributed by atoms with Crippen molar-refractivity contribution in [3.63, 3.8) is 0 Å². The van der Waals surface area contributed by atoms with Crippen molar-refractivity contribution in [1.82, 2.24) is 5.32 Å². The van der Waals surface area contributed by atoms with Crippen LogP contribution in [0, 0.1) is 11.6 Å². The van der Waals surface area contributed by atoms with E-state index < -0.39 is 45.1 Å². The molecule has 0 aliphatic heterocycles. The largest absolute Gasteiger partial charge is 0.467 e. The van der Waals surface area contributed by atoms with Crippen molar-refractivity contribution in [3.05, 3.63) is 65.7 Å². The van der Waals surface area contributed by atoms with E-state index in [1.54, 1.807) is 18.2 Å². The molecule has 0 unspecified atom stereocenters. The molecule has 2 aromatic carbocycles. The lowest BCUT2D eigenvalue weighted by Gasteiger charge is -2.16. The Morgan fingerprint density at radius 1 is 1.07 bits per heavy atom. The van der Waals surface area contributed by atoms with E-state index in [4.69, 9.17) is 0 Å². The molecule has 2 aromatic rings. The Labute approximate surface area is 155 Å². The summed E-state index contributed by atoms with van der Waals surface area (Å²) in [7, 11) is -2.59. The molecule has 1 atom stereocenters. The first kappa shape index (κ1) is 20.5. The first-order chi connectivity index (χ1) is 12.7. The number of nitrogens with one attached hydrogen (secondary N) is 1. The molecule has 0 heterocycles. The Morgan fingerprint density at radius 2 is 1.74 bits per heavy atom. The van der Waals surface area contributed by atoms with E-state index in [-0.39, 0.29) is 16.9 Å². The number of hydrogen-bond acceptors (Lipinski definition) is 5. The zero-order valence-corrected chi connectivity index (χ0v) is 15.1. The van der Waals surface area contributed by atoms with Crippen LogP contribution < -0.4 is 5.32 Å². The maximum absolute atomic E-state index is 13.3. The van der Waals surface area contributed by atoms with Crippen molar-refractivity contribution in [1.29, 1.82) is 0 Å². The van der Waals surface area contributed by atoms with Crippen LogP contribution in [0.4, 0.5) is 8.78 Å². The number of hydrogen-bond donors (Lipinski definition) is 1. The molecule has 0 aliphatic rings. The quantitative estimate of drug-likeness (QED) is 0.723. The minimum atomic E-state index is -3.68. The van der Waals surface area contributed by atoms with Crippen LogP contribution in [0.25, 0.3) is 0 Å². The van der Waals surface area contributed by atoms with Gasteiger partial charge in [0, 0.05) is 5.56 Å². The second kappa shape index (κ2) is 8.72. The van der Waals surface area contributed by atoms with Gasteiger partial charge in [0.05, 0.1) is 17.8 Å². The number of amides is 1. The fraction of sp³-hybridized carbons (Fsp3) is 0.222. The molecule has 1 amide bonds. The summed E-state index contributed by atoms with van der Waals surface area (Å²) in [4.78, 5) is 24.1. The summed E-state index contributed by atoms with van der Waals surface area (Å²) in [5, 5.41) is 2.29. The van der Waals surface area contributed by atoms with Crippen molar-refractivity contribution in [2.75, 3.05) is 12.9 Å². The third kappa shape index (κ3) is 5.33. The average molecular weight is 397 g/mol. The number of esters is 1. The van der Waals surface area contributed by atoms with Gasteiger partial charge in [0.25, 0.3) is 5.91 Å². The normalized spacial score (nSPS) is 12.3. The molecule has 6 nitrogen and oxygen atoms in total. The van der Waals surface area contributed by atoms with Crippen LogP contribution >= 0.6 is 0 Å². The highest BCUT2D eigenvalue weighted by Crippen LogP contribution is 2.13. The molecule has 0 spiro atoms. The summed E-state index contributed by atoms with van der Waals surface area (Å²) in [6.45, 7) is 0. The lowest BCUT2D eigenvalue weighted by molar-refractivity contribution is -0.142. The number of benzene rings is 2. The van der Waals surface area contributed by atoms with Gasteiger partial charge in [-0.1, -0.05) is 18.2 Å². The Kier molecular flexibility index (Phi) is 6.62. The Balaban J connectivity index is 2.12. The molecule has 27 heavy (non-hydrogen) atoms. The minimum Gasteiger partial charge on any atom is -0.467 e. The first-order valence-electron chi connectivity index (χ1n) is 7.86. The Bertz CT molecular complexity index is 932. The molecule has 0 saturated carbocycles. The van der Waals surface area contributed by atoms with Gasteiger partial charge in [-0.2, -0.15) is 0 Å². The molecule has 9 heteroatoms. The minimum absolute atomic E-state index is 0.0838. The van der Waals surface area contributed by atoms with Gasteiger partial charge in [0.2, 0.25) is 0 Å². The fourth-order valence-electron chi connectivity index (χ4n) is 2.29. The van der Waals surface area contributed by atoms with Gasteiger partial charge < -0.3 is 10.1 Å². The molecule has 0 radical (unpaired) electrons. The molecular formula is C18H17F2NO5S. The number of sulfone groups is 1. The Hall–Kier alpha value is -2.81. The molecule has 2 rings (SSSR count). The molecule has 0 saturated heterocycles. The van der Waals surface area contributed by atoms with Gasteiger partial charge in [-0.05, 0) is 36.8 Å². The van der Waals surface area contributed by atoms with Crippen LogP contribution in [0.5, 0.6) is 0 Å². The number of carbonyl (C=O) groups is 2. The van der Waals surface area contributed by atoms with Crippen LogP contribution in [0.1, 0.15) is 16.8 Å². The number of halogens is 2. The summed E-state index contributed by atoms with van der Waals surface area (Å²) in [5.41, 5.74) is -0.214. The van der Waals surface area contributed by atoms with Gasteiger partial charge in [0.1, 0.15) is 6.04 Å². The fourth-order valence-corrected chi connectivity index (χ4v) is 3.64. The standard InChI is InChI=1S/C18H17F2NO5S/c1-26-18(23)16(9-10-27(24,25)13-5-3-2-4-6-13)21-17(22)12-7-8-14(19)15(20)11-12/h2-8,11,16H,9-10H2,1H3,(H,21,22)/t16-/m1/s1. The average Bonchev–Trinajstić information content (AvgIpc) is 2.67. The van der Waals surface area contributed by atoms with Gasteiger partial charge in [-0.15, -0.1) is 0 Å². The maximum Gasteiger partial charge on any atom is 0.328 e. The summed E-state index contributed by atoms with van der Waals surface area (Å²) >= 11 is 0. The summed E-state index contributed by atoms with van der Waals surface area (Å²) in [6.07, 6.45) is -0.251. The lowest BCUT2D eigenvalue weighted by atomic mass is 10.1. The highest BCUT2D eigenvalue weighted by atomic mass is 32.2. The number of ether oxygens (including phenoxy) is 1. The van der Waals surface area contributed by atoms with Gasteiger partial charge >= 0.3 is 5.97 Å². The van der Waals surface area contributed by atoms with Crippen molar-refractivity contribution >= 4 is 21.7 Å². The molecule has 0 fully saturated rings. The van der Waals surface area contributed by atoms with Gasteiger partial charge in [-0.25, -0.2) is 22.0 Å². The van der Waals surface area contributed by atoms with Crippen LogP contribution in [-0.4, -0.2) is 39.2 Å². The van der Waals surface area contributed by atoms with Gasteiger partial charge in [0.15, 0.2) is 21.5 Å². The zero-order chi connectivity index (χ0) is 20.0. The summed E-state index contributed by atoms with van der Waals surface area (Å²) in [6, 6.07) is 8.86. The molecule has 0 bridgehead atoms. The van der Waals surface area contributed by atoms with Crippen LogP contribution in [-0.2, 0) is 19.4 Å². The molecular weight excluding hydrogens is 380 g/mol. The Morgan fingerprint density at radius 3 is 2.33 bits per heavy atom. The number of methoxy groups -OCH3 is 1. The summed E-state index contributed by atoms with van der Waals surface area (Å²) in [5.74, 6) is -4.47. The topological polar surface area (TPSA) is 89.5 Å². The highest BCUT2D eigenvalue weighted by Gasteiger charge is 2.26. The van der Waals surface area contributed by atoms with Gasteiger partial charge in [-0.3, -0.25) is 4.79 Å². The lowest BCUT2D eigenvalue weighted by Crippen LogP contribution is -2.42. The van der Waals surface area contributed by atoms with Crippen molar-refractivity contribution in [2.45, 2.75) is 17.4 Å². The van der Waals surface area contributed by atoms with Crippen molar-refractivity contribution in [2.24, 2.45) is 0 Å². The van der Waals surface area contributed by atoms with E-state index in [2.05, 4.69) is 10.1 Å². The van der Waals surface area contributed by atoms with Crippen LogP contribution in [0.15, 0.2) is 53.4 Å². The van der Waals surface area contributed by atoms with E-state index in [0.717, 1.165) is 19.2 Å². The third-order valence-corrected chi connectivity index (χ3v) is 5.51. The van der Waals surface area contributed by atoms with Crippen molar-refractivity contribution in [3.8, 4) is 0 Å². The monoisotopic (exact) mass is 397 g/mol. The SMILES string of the molecule is COC(=O)[C@@H](CCS(=O)(=O)c1ccccc1)NC(=O)c1ccc(F)c(F)c1. The van der Waals surface area contributed by atoms with E-state index in [1.807, 2.05) is 0 Å². The second-order valence-electron chi connectivity index (χ2n) is 5.60. The molecule has 0 aliphatic carbocycles. The predicted octanol–water partition coefficient (Wildman–Crippen LogP) is 2.10. The van der Waals surface area contributed by atoms with E-state index in [0.29, 0.717) is 6.07 Å². The van der Waals surface area contributed by atoms with E-state index in [1.165, 1.54) is 12.1 Å². The van der Waals surface area contributed by atoms with E-state index >= 15 is 0 Å². The number of carbonyl (C=O) groups excluding carboxylic acids is 2. The van der Waals surface area contributed by atoms with Crippen LogP contribution in [0.3, 0.4) is 0 Å². The molecule has 0 aromatic heterocycles. The highest BCUT2D eigenvalue weighted by molar-refractivity contribution is 7.91. The third-order valence-electron chi connectivity index (χ3n) is 3.75. The van der Waals surface area contributed by atoms with E-state index in [9.17, 15) is 26.8 Å². The van der Waals surface area contributed by atoms with Crippen molar-refractivity contribution < 1.29 is 31.5 Å². The predicted molar refractivity (Wildman–Crippen MR) is 92.7 cm³/mol.